The molecule has 0 aliphatic heterocycles. The minimum absolute atomic E-state index is 0.216. The molecule has 0 radical (unpaired) electrons. The SMILES string of the molecule is CNC(Cn1nc(C)cc1C)c1cccc(OC)c1. The van der Waals surface area contributed by atoms with Crippen molar-refractivity contribution in [3.05, 3.63) is 47.3 Å². The van der Waals surface area contributed by atoms with Crippen molar-refractivity contribution in [2.45, 2.75) is 26.4 Å². The van der Waals surface area contributed by atoms with Gasteiger partial charge in [-0.3, -0.25) is 4.68 Å². The molecule has 1 aromatic carbocycles. The van der Waals surface area contributed by atoms with Gasteiger partial charge in [0.05, 0.1) is 25.4 Å². The summed E-state index contributed by atoms with van der Waals surface area (Å²) in [6.45, 7) is 4.91. The molecule has 0 amide bonds. The predicted octanol–water partition coefficient (Wildman–Crippen LogP) is 2.47. The Balaban J connectivity index is 2.22. The summed E-state index contributed by atoms with van der Waals surface area (Å²) < 4.78 is 7.32. The lowest BCUT2D eigenvalue weighted by Crippen LogP contribution is -2.23. The van der Waals surface area contributed by atoms with Gasteiger partial charge < -0.3 is 10.1 Å². The molecule has 1 N–H and O–H groups in total. The molecule has 1 aromatic heterocycles. The number of aromatic nitrogens is 2. The third-order valence-corrected chi connectivity index (χ3v) is 3.30. The molecule has 0 fully saturated rings. The third-order valence-electron chi connectivity index (χ3n) is 3.30. The Kier molecular flexibility index (Phi) is 4.22. The summed E-state index contributed by atoms with van der Waals surface area (Å²) in [6.07, 6.45) is 0. The van der Waals surface area contributed by atoms with Gasteiger partial charge in [-0.1, -0.05) is 12.1 Å². The van der Waals surface area contributed by atoms with Gasteiger partial charge in [0.1, 0.15) is 5.75 Å². The molecule has 2 rings (SSSR count). The van der Waals surface area contributed by atoms with Crippen LogP contribution < -0.4 is 10.1 Å². The average Bonchev–Trinajstić information content (AvgIpc) is 2.74. The minimum atomic E-state index is 0.216. The van der Waals surface area contributed by atoms with Gasteiger partial charge in [-0.25, -0.2) is 0 Å². The summed E-state index contributed by atoms with van der Waals surface area (Å²) in [6, 6.07) is 10.5. The van der Waals surface area contributed by atoms with Gasteiger partial charge in [0, 0.05) is 5.69 Å². The monoisotopic (exact) mass is 259 g/mol. The Morgan fingerprint density at radius 2 is 2.11 bits per heavy atom. The molecule has 1 unspecified atom stereocenters. The summed E-state index contributed by atoms with van der Waals surface area (Å²) in [5.41, 5.74) is 3.44. The first-order valence-electron chi connectivity index (χ1n) is 6.46. The molecular formula is C15H21N3O. The zero-order valence-electron chi connectivity index (χ0n) is 12.0. The van der Waals surface area contributed by atoms with E-state index in [1.807, 2.05) is 30.8 Å². The molecule has 4 nitrogen and oxygen atoms in total. The topological polar surface area (TPSA) is 39.1 Å². The Hall–Kier alpha value is -1.81. The van der Waals surface area contributed by atoms with Crippen molar-refractivity contribution in [2.75, 3.05) is 14.2 Å². The maximum Gasteiger partial charge on any atom is 0.119 e. The maximum absolute atomic E-state index is 5.28. The van der Waals surface area contributed by atoms with E-state index in [9.17, 15) is 0 Å². The molecule has 19 heavy (non-hydrogen) atoms. The van der Waals surface area contributed by atoms with Crippen LogP contribution in [0.25, 0.3) is 0 Å². The summed E-state index contributed by atoms with van der Waals surface area (Å²) >= 11 is 0. The van der Waals surface area contributed by atoms with Crippen LogP contribution in [-0.4, -0.2) is 23.9 Å². The maximum atomic E-state index is 5.28. The fraction of sp³-hybridized carbons (Fsp3) is 0.400. The van der Waals surface area contributed by atoms with Gasteiger partial charge in [0.2, 0.25) is 0 Å². The fourth-order valence-electron chi connectivity index (χ4n) is 2.25. The molecule has 0 saturated heterocycles. The standard InChI is InChI=1S/C15H21N3O/c1-11-8-12(2)18(17-11)10-15(16-3)13-6-5-7-14(9-13)19-4/h5-9,15-16H,10H2,1-4H3. The van der Waals surface area contributed by atoms with E-state index >= 15 is 0 Å². The van der Waals surface area contributed by atoms with Crippen LogP contribution in [-0.2, 0) is 6.54 Å². The second-order valence-corrected chi connectivity index (χ2v) is 4.73. The lowest BCUT2D eigenvalue weighted by atomic mass is 10.1. The van der Waals surface area contributed by atoms with Crippen molar-refractivity contribution in [1.82, 2.24) is 15.1 Å². The van der Waals surface area contributed by atoms with Gasteiger partial charge in [0.15, 0.2) is 0 Å². The van der Waals surface area contributed by atoms with Crippen LogP contribution in [0.15, 0.2) is 30.3 Å². The average molecular weight is 259 g/mol. The molecule has 0 bridgehead atoms. The van der Waals surface area contributed by atoms with E-state index < -0.39 is 0 Å². The van der Waals surface area contributed by atoms with E-state index in [-0.39, 0.29) is 6.04 Å². The highest BCUT2D eigenvalue weighted by Gasteiger charge is 2.12. The Morgan fingerprint density at radius 3 is 2.68 bits per heavy atom. The number of ether oxygens (including phenoxy) is 1. The smallest absolute Gasteiger partial charge is 0.119 e. The summed E-state index contributed by atoms with van der Waals surface area (Å²) in [4.78, 5) is 0. The number of likely N-dealkylation sites (N-methyl/N-ethyl adjacent to an activating group) is 1. The first-order chi connectivity index (χ1) is 9.13. The number of aryl methyl sites for hydroxylation is 2. The molecule has 4 heteroatoms. The molecule has 1 heterocycles. The number of benzene rings is 1. The Bertz CT molecular complexity index is 548. The number of methoxy groups -OCH3 is 1. The summed E-state index contributed by atoms with van der Waals surface area (Å²) in [5, 5.41) is 7.85. The van der Waals surface area contributed by atoms with Gasteiger partial charge in [0.25, 0.3) is 0 Å². The zero-order chi connectivity index (χ0) is 13.8. The molecule has 0 aliphatic carbocycles. The predicted molar refractivity (Wildman–Crippen MR) is 76.5 cm³/mol. The van der Waals surface area contributed by atoms with Gasteiger partial charge in [-0.05, 0) is 44.7 Å². The largest absolute Gasteiger partial charge is 0.497 e. The van der Waals surface area contributed by atoms with Gasteiger partial charge >= 0.3 is 0 Å². The molecule has 102 valence electrons. The molecular weight excluding hydrogens is 238 g/mol. The zero-order valence-corrected chi connectivity index (χ0v) is 12.0. The van der Waals surface area contributed by atoms with Crippen LogP contribution >= 0.6 is 0 Å². The van der Waals surface area contributed by atoms with Gasteiger partial charge in [-0.15, -0.1) is 0 Å². The van der Waals surface area contributed by atoms with E-state index in [2.05, 4.69) is 35.5 Å². The number of hydrogen-bond donors (Lipinski definition) is 1. The molecule has 2 aromatic rings. The third kappa shape index (κ3) is 3.15. The van der Waals surface area contributed by atoms with E-state index in [0.717, 1.165) is 18.0 Å². The van der Waals surface area contributed by atoms with Crippen LogP contribution in [0.2, 0.25) is 0 Å². The van der Waals surface area contributed by atoms with E-state index in [0.29, 0.717) is 0 Å². The Morgan fingerprint density at radius 1 is 1.32 bits per heavy atom. The van der Waals surface area contributed by atoms with Crippen molar-refractivity contribution in [3.63, 3.8) is 0 Å². The van der Waals surface area contributed by atoms with Crippen molar-refractivity contribution < 1.29 is 4.74 Å². The van der Waals surface area contributed by atoms with Crippen molar-refractivity contribution in [3.8, 4) is 5.75 Å². The van der Waals surface area contributed by atoms with E-state index in [1.54, 1.807) is 7.11 Å². The lowest BCUT2D eigenvalue weighted by molar-refractivity contribution is 0.411. The fourth-order valence-corrected chi connectivity index (χ4v) is 2.25. The quantitative estimate of drug-likeness (QED) is 0.896. The van der Waals surface area contributed by atoms with Crippen molar-refractivity contribution >= 4 is 0 Å². The van der Waals surface area contributed by atoms with Crippen molar-refractivity contribution in [1.29, 1.82) is 0 Å². The highest BCUT2D eigenvalue weighted by Crippen LogP contribution is 2.20. The number of hydrogen-bond acceptors (Lipinski definition) is 3. The first-order valence-corrected chi connectivity index (χ1v) is 6.46. The van der Waals surface area contributed by atoms with Crippen molar-refractivity contribution in [2.24, 2.45) is 0 Å². The summed E-state index contributed by atoms with van der Waals surface area (Å²) in [7, 11) is 3.66. The number of rotatable bonds is 5. The molecule has 0 saturated carbocycles. The highest BCUT2D eigenvalue weighted by molar-refractivity contribution is 5.30. The van der Waals surface area contributed by atoms with Crippen LogP contribution in [0.5, 0.6) is 5.75 Å². The summed E-state index contributed by atoms with van der Waals surface area (Å²) in [5.74, 6) is 0.881. The number of nitrogens with one attached hydrogen (secondary N) is 1. The van der Waals surface area contributed by atoms with Crippen LogP contribution in [0, 0.1) is 13.8 Å². The second-order valence-electron chi connectivity index (χ2n) is 4.73. The van der Waals surface area contributed by atoms with E-state index in [1.165, 1.54) is 11.3 Å². The molecule has 0 spiro atoms. The van der Waals surface area contributed by atoms with E-state index in [4.69, 9.17) is 4.74 Å². The van der Waals surface area contributed by atoms with Crippen LogP contribution in [0.3, 0.4) is 0 Å². The second kappa shape index (κ2) is 5.89. The minimum Gasteiger partial charge on any atom is -0.497 e. The van der Waals surface area contributed by atoms with Crippen LogP contribution in [0.1, 0.15) is 23.0 Å². The normalized spacial score (nSPS) is 12.4. The van der Waals surface area contributed by atoms with Gasteiger partial charge in [-0.2, -0.15) is 5.10 Å². The Labute approximate surface area is 114 Å². The lowest BCUT2D eigenvalue weighted by Gasteiger charge is -2.18. The molecule has 1 atom stereocenters. The highest BCUT2D eigenvalue weighted by atomic mass is 16.5. The first kappa shape index (κ1) is 13.6. The number of nitrogens with zero attached hydrogens (tertiary/aromatic N) is 2. The van der Waals surface area contributed by atoms with Crippen LogP contribution in [0.4, 0.5) is 0 Å². The molecule has 0 aliphatic rings.